The van der Waals surface area contributed by atoms with Crippen LogP contribution in [0.4, 0.5) is 0 Å². The molecule has 0 aromatic carbocycles. The first kappa shape index (κ1) is 37.4. The fourth-order valence-electron chi connectivity index (χ4n) is 14.1. The highest BCUT2D eigenvalue weighted by Crippen LogP contribution is 2.89. The van der Waals surface area contributed by atoms with Crippen LogP contribution in [-0.2, 0) is 28.4 Å². The summed E-state index contributed by atoms with van der Waals surface area (Å²) in [5, 5.41) is 73.8. The summed E-state index contributed by atoms with van der Waals surface area (Å²) >= 11 is 0. The van der Waals surface area contributed by atoms with Gasteiger partial charge in [0.1, 0.15) is 42.7 Å². The quantitative estimate of drug-likeness (QED) is 0.192. The Hall–Kier alpha value is -0.520. The van der Waals surface area contributed by atoms with Crippen molar-refractivity contribution in [3.63, 3.8) is 0 Å². The van der Waals surface area contributed by atoms with Gasteiger partial charge in [0, 0.05) is 13.5 Å². The molecule has 8 fully saturated rings. The van der Waals surface area contributed by atoms with Gasteiger partial charge in [-0.25, -0.2) is 0 Å². The van der Waals surface area contributed by atoms with E-state index in [9.17, 15) is 35.7 Å². The van der Waals surface area contributed by atoms with Crippen molar-refractivity contribution in [1.29, 1.82) is 0 Å². The number of aliphatic hydroxyl groups excluding tert-OH is 7. The van der Waals surface area contributed by atoms with Gasteiger partial charge in [0.25, 0.3) is 0 Å². The first-order valence-corrected chi connectivity index (χ1v) is 19.4. The van der Waals surface area contributed by atoms with Gasteiger partial charge in [-0.15, -0.1) is 0 Å². The van der Waals surface area contributed by atoms with Crippen LogP contribution < -0.4 is 0 Å². The average Bonchev–Trinajstić information content (AvgIpc) is 3.67. The van der Waals surface area contributed by atoms with Gasteiger partial charge in [0.15, 0.2) is 18.9 Å². The van der Waals surface area contributed by atoms with Gasteiger partial charge in [0.05, 0.1) is 31.5 Å². The van der Waals surface area contributed by atoms with Crippen molar-refractivity contribution in [3.05, 3.63) is 0 Å². The van der Waals surface area contributed by atoms with Crippen molar-refractivity contribution >= 4 is 0 Å². The third-order valence-electron chi connectivity index (χ3n) is 16.7. The molecular formula is C38H62O13. The molecule has 3 aliphatic heterocycles. The molecule has 2 unspecified atom stereocenters. The van der Waals surface area contributed by atoms with E-state index in [-0.39, 0.29) is 58.6 Å². The normalized spacial score (nSPS) is 60.3. The van der Waals surface area contributed by atoms with Gasteiger partial charge in [0.2, 0.25) is 0 Å². The molecule has 0 aromatic heterocycles. The Labute approximate surface area is 300 Å². The lowest BCUT2D eigenvalue weighted by molar-refractivity contribution is -0.335. The summed E-state index contributed by atoms with van der Waals surface area (Å²) in [4.78, 5) is 0. The van der Waals surface area contributed by atoms with E-state index in [0.717, 1.165) is 44.9 Å². The van der Waals surface area contributed by atoms with Crippen molar-refractivity contribution in [2.45, 2.75) is 166 Å². The molecule has 0 amide bonds. The van der Waals surface area contributed by atoms with Crippen molar-refractivity contribution < 1.29 is 64.2 Å². The van der Waals surface area contributed by atoms with E-state index in [1.165, 1.54) is 0 Å². The van der Waals surface area contributed by atoms with Crippen molar-refractivity contribution in [2.24, 2.45) is 50.7 Å². The molecule has 21 atom stereocenters. The van der Waals surface area contributed by atoms with Crippen LogP contribution in [0, 0.1) is 50.7 Å². The van der Waals surface area contributed by atoms with Crippen LogP contribution in [0.2, 0.25) is 0 Å². The van der Waals surface area contributed by atoms with Crippen LogP contribution in [0.3, 0.4) is 0 Å². The van der Waals surface area contributed by atoms with E-state index in [1.54, 1.807) is 7.11 Å². The SMILES string of the molecule is COC1C[C@@H](C)[C@H]2[C@H](C[C@@]3(C)[C@@H]4[C@@H](O[C@@H]5O[C@H](CO)[C@@H](O)[C@H](O)[C@H]5O)CC5C(C)(C)[C@@H](O[C@@H]6OC[C@@H](O)[C@H](O)[C@H]6O)CC[C@@]56C[C@@]46CC[C@]23C)O1. The molecule has 8 aliphatic rings. The van der Waals surface area contributed by atoms with Crippen LogP contribution in [-0.4, -0.2) is 136 Å². The third-order valence-corrected chi connectivity index (χ3v) is 16.7. The van der Waals surface area contributed by atoms with E-state index in [0.29, 0.717) is 18.3 Å². The highest BCUT2D eigenvalue weighted by atomic mass is 16.7. The summed E-state index contributed by atoms with van der Waals surface area (Å²) in [5.41, 5.74) is -0.682. The van der Waals surface area contributed by atoms with E-state index >= 15 is 0 Å². The minimum Gasteiger partial charge on any atom is -0.394 e. The van der Waals surface area contributed by atoms with Crippen LogP contribution in [0.1, 0.15) is 86.0 Å². The van der Waals surface area contributed by atoms with Gasteiger partial charge < -0.3 is 64.2 Å². The summed E-state index contributed by atoms with van der Waals surface area (Å²) in [6.45, 7) is 11.0. The predicted octanol–water partition coefficient (Wildman–Crippen LogP) is 1.05. The summed E-state index contributed by atoms with van der Waals surface area (Å²) in [6.07, 6.45) is -5.55. The van der Waals surface area contributed by atoms with Gasteiger partial charge in [-0.2, -0.15) is 0 Å². The Kier molecular flexibility index (Phi) is 9.16. The molecule has 292 valence electrons. The first-order valence-electron chi connectivity index (χ1n) is 19.4. The zero-order valence-corrected chi connectivity index (χ0v) is 31.0. The van der Waals surface area contributed by atoms with E-state index in [1.807, 2.05) is 0 Å². The number of fused-ring (bicyclic) bond motifs is 4. The summed E-state index contributed by atoms with van der Waals surface area (Å²) in [6, 6.07) is 0. The maximum Gasteiger partial charge on any atom is 0.186 e. The highest BCUT2D eigenvalue weighted by Gasteiger charge is 2.85. The maximum atomic E-state index is 11.2. The molecule has 5 saturated carbocycles. The van der Waals surface area contributed by atoms with Gasteiger partial charge in [-0.3, -0.25) is 0 Å². The molecule has 2 spiro atoms. The standard InChI is InChI=1S/C38H62O13/c1-17-11-24(46-6)48-20-13-36(5)31-19(49-33-30(45)28(43)27(42)21(14-39)50-33)12-22-34(2,3)23(51-32-29(44)26(41)18(40)15-47-32)7-8-37(22)16-38(31,37)10-9-35(36,4)25(17)20/h17-33,39-45H,7-16H2,1-6H3/t17-,18-,19+,20+,21-,22?,23+,24?,25+,26+,27-,28+,29-,30-,31+,32+,33-,35-,36+,37-,38+/m1/s1. The molecule has 51 heavy (non-hydrogen) atoms. The summed E-state index contributed by atoms with van der Waals surface area (Å²) in [7, 11) is 1.71. The van der Waals surface area contributed by atoms with E-state index in [4.69, 9.17) is 28.4 Å². The molecule has 0 aromatic rings. The molecule has 3 saturated heterocycles. The predicted molar refractivity (Wildman–Crippen MR) is 178 cm³/mol. The van der Waals surface area contributed by atoms with E-state index in [2.05, 4.69) is 34.6 Å². The topological polar surface area (TPSA) is 197 Å². The Morgan fingerprint density at radius 3 is 2.20 bits per heavy atom. The first-order chi connectivity index (χ1) is 24.0. The van der Waals surface area contributed by atoms with Crippen LogP contribution >= 0.6 is 0 Å². The molecule has 13 heteroatoms. The smallest absolute Gasteiger partial charge is 0.186 e. The molecule has 13 nitrogen and oxygen atoms in total. The maximum absolute atomic E-state index is 11.2. The lowest BCUT2D eigenvalue weighted by atomic mass is 9.41. The highest BCUT2D eigenvalue weighted by molar-refractivity contribution is 5.33. The van der Waals surface area contributed by atoms with Crippen molar-refractivity contribution in [2.75, 3.05) is 20.3 Å². The molecule has 0 radical (unpaired) electrons. The van der Waals surface area contributed by atoms with Crippen LogP contribution in [0.25, 0.3) is 0 Å². The van der Waals surface area contributed by atoms with Crippen molar-refractivity contribution in [3.8, 4) is 0 Å². The largest absolute Gasteiger partial charge is 0.394 e. The number of methoxy groups -OCH3 is 1. The van der Waals surface area contributed by atoms with Crippen LogP contribution in [0.5, 0.6) is 0 Å². The fourth-order valence-corrected chi connectivity index (χ4v) is 14.1. The molecule has 7 N–H and O–H groups in total. The number of aliphatic hydroxyl groups is 7. The monoisotopic (exact) mass is 726 g/mol. The Morgan fingerprint density at radius 2 is 1.49 bits per heavy atom. The van der Waals surface area contributed by atoms with Crippen molar-refractivity contribution in [1.82, 2.24) is 0 Å². The minimum atomic E-state index is -1.54. The second kappa shape index (κ2) is 12.5. The molecule has 0 bridgehead atoms. The summed E-state index contributed by atoms with van der Waals surface area (Å²) in [5.74, 6) is 0.967. The Balaban J connectivity index is 1.16. The van der Waals surface area contributed by atoms with Gasteiger partial charge >= 0.3 is 0 Å². The zero-order chi connectivity index (χ0) is 36.6. The zero-order valence-electron chi connectivity index (χ0n) is 31.0. The second-order valence-electron chi connectivity index (χ2n) is 19.0. The third kappa shape index (κ3) is 5.06. The lowest BCUT2D eigenvalue weighted by Gasteiger charge is -2.65. The Morgan fingerprint density at radius 1 is 0.765 bits per heavy atom. The summed E-state index contributed by atoms with van der Waals surface area (Å²) < 4.78 is 37.7. The Bertz CT molecular complexity index is 1320. The number of ether oxygens (including phenoxy) is 6. The average molecular weight is 727 g/mol. The minimum absolute atomic E-state index is 0.0254. The number of rotatable bonds is 6. The molecule has 3 heterocycles. The van der Waals surface area contributed by atoms with Gasteiger partial charge in [-0.05, 0) is 95.7 Å². The number of hydrogen-bond donors (Lipinski definition) is 7. The fraction of sp³-hybridized carbons (Fsp3) is 1.00. The van der Waals surface area contributed by atoms with E-state index < -0.39 is 73.4 Å². The number of hydrogen-bond acceptors (Lipinski definition) is 13. The van der Waals surface area contributed by atoms with Gasteiger partial charge in [-0.1, -0.05) is 34.6 Å². The second-order valence-corrected chi connectivity index (χ2v) is 19.0. The lowest BCUT2D eigenvalue weighted by Crippen LogP contribution is -2.65. The van der Waals surface area contributed by atoms with Crippen LogP contribution in [0.15, 0.2) is 0 Å². The molecule has 8 rings (SSSR count). The molecule has 5 aliphatic carbocycles. The molecular weight excluding hydrogens is 664 g/mol.